The van der Waals surface area contributed by atoms with Crippen molar-refractivity contribution in [2.45, 2.75) is 38.8 Å². The number of rotatable bonds is 6. The van der Waals surface area contributed by atoms with Gasteiger partial charge in [0.2, 0.25) is 5.88 Å². The van der Waals surface area contributed by atoms with Crippen molar-refractivity contribution in [3.8, 4) is 11.6 Å². The molecule has 2 aromatic rings. The number of aryl methyl sites for hydroxylation is 1. The number of nitrogens with one attached hydrogen (secondary N) is 1. The van der Waals surface area contributed by atoms with Crippen molar-refractivity contribution in [1.29, 1.82) is 0 Å². The number of benzene rings is 1. The molecule has 3 rings (SSSR count). The van der Waals surface area contributed by atoms with Crippen LogP contribution in [0.3, 0.4) is 0 Å². The lowest BCUT2D eigenvalue weighted by atomic mass is 10.2. The maximum Gasteiger partial charge on any atom is 0.223 e. The van der Waals surface area contributed by atoms with Gasteiger partial charge in [-0.05, 0) is 43.0 Å². The number of nitrogens with zero attached hydrogens (tertiary/aromatic N) is 1. The topological polar surface area (TPSA) is 34.1 Å². The van der Waals surface area contributed by atoms with Gasteiger partial charge in [-0.3, -0.25) is 0 Å². The van der Waals surface area contributed by atoms with Crippen LogP contribution in [0.5, 0.6) is 11.6 Å². The van der Waals surface area contributed by atoms with Crippen molar-refractivity contribution in [3.05, 3.63) is 53.5 Å². The Labute approximate surface area is 124 Å². The molecule has 1 aliphatic rings. The molecular formula is C17H19FN2O. The first-order valence-electron chi connectivity index (χ1n) is 7.39. The van der Waals surface area contributed by atoms with Crippen LogP contribution in [0.2, 0.25) is 0 Å². The largest absolute Gasteiger partial charge is 0.439 e. The van der Waals surface area contributed by atoms with Crippen LogP contribution in [0.15, 0.2) is 36.5 Å². The van der Waals surface area contributed by atoms with E-state index in [1.54, 1.807) is 0 Å². The number of halogens is 1. The van der Waals surface area contributed by atoms with Crippen LogP contribution in [-0.2, 0) is 13.0 Å². The molecule has 4 heteroatoms. The van der Waals surface area contributed by atoms with Crippen LogP contribution in [0, 0.1) is 5.82 Å². The second-order valence-electron chi connectivity index (χ2n) is 5.37. The average molecular weight is 286 g/mol. The second-order valence-corrected chi connectivity index (χ2v) is 5.37. The molecule has 1 aromatic heterocycles. The molecule has 1 heterocycles. The summed E-state index contributed by atoms with van der Waals surface area (Å²) in [6.45, 7) is 2.69. The molecule has 3 nitrogen and oxygen atoms in total. The van der Waals surface area contributed by atoms with Gasteiger partial charge in [-0.15, -0.1) is 0 Å². The Morgan fingerprint density at radius 1 is 1.29 bits per heavy atom. The summed E-state index contributed by atoms with van der Waals surface area (Å²) in [4.78, 5) is 4.08. The fraction of sp³-hybridized carbons (Fsp3) is 0.353. The molecule has 0 saturated heterocycles. The number of aromatic nitrogens is 1. The first-order valence-corrected chi connectivity index (χ1v) is 7.39. The highest BCUT2D eigenvalue weighted by molar-refractivity contribution is 5.34. The van der Waals surface area contributed by atoms with Gasteiger partial charge in [0.25, 0.3) is 0 Å². The van der Waals surface area contributed by atoms with Gasteiger partial charge in [0.05, 0.1) is 6.20 Å². The highest BCUT2D eigenvalue weighted by atomic mass is 19.1. The second kappa shape index (κ2) is 6.22. The molecule has 21 heavy (non-hydrogen) atoms. The zero-order valence-electron chi connectivity index (χ0n) is 12.1. The molecule has 0 radical (unpaired) electrons. The summed E-state index contributed by atoms with van der Waals surface area (Å²) in [5.74, 6) is 0.851. The highest BCUT2D eigenvalue weighted by Crippen LogP contribution is 2.26. The Kier molecular flexibility index (Phi) is 4.15. The van der Waals surface area contributed by atoms with Gasteiger partial charge in [0.15, 0.2) is 0 Å². The maximum absolute atomic E-state index is 13.4. The number of hydrogen-bond acceptors (Lipinski definition) is 3. The molecule has 1 fully saturated rings. The standard InChI is InChI=1S/C17H19FN2O/c1-2-12-3-7-16(8-4-12)21-17-13(9-14(18)11-20-17)10-19-15-5-6-15/h3-4,7-9,11,15,19H,2,5-6,10H2,1H3. The van der Waals surface area contributed by atoms with E-state index in [-0.39, 0.29) is 5.82 Å². The lowest BCUT2D eigenvalue weighted by Gasteiger charge is -2.11. The molecule has 0 atom stereocenters. The third kappa shape index (κ3) is 3.79. The van der Waals surface area contributed by atoms with Crippen molar-refractivity contribution in [2.24, 2.45) is 0 Å². The average Bonchev–Trinajstić information content (AvgIpc) is 3.32. The number of pyridine rings is 1. The molecular weight excluding hydrogens is 267 g/mol. The minimum Gasteiger partial charge on any atom is -0.439 e. The Balaban J connectivity index is 1.75. The van der Waals surface area contributed by atoms with Crippen molar-refractivity contribution in [2.75, 3.05) is 0 Å². The van der Waals surface area contributed by atoms with Gasteiger partial charge >= 0.3 is 0 Å². The third-order valence-electron chi connectivity index (χ3n) is 3.60. The minimum absolute atomic E-state index is 0.337. The molecule has 0 amide bonds. The summed E-state index contributed by atoms with van der Waals surface area (Å²) in [5, 5.41) is 3.36. The van der Waals surface area contributed by atoms with Crippen molar-refractivity contribution >= 4 is 0 Å². The zero-order chi connectivity index (χ0) is 14.7. The highest BCUT2D eigenvalue weighted by Gasteiger charge is 2.21. The van der Waals surface area contributed by atoms with Gasteiger partial charge in [-0.25, -0.2) is 9.37 Å². The molecule has 0 spiro atoms. The Bertz CT molecular complexity index is 609. The van der Waals surface area contributed by atoms with E-state index in [0.717, 1.165) is 17.7 Å². The monoisotopic (exact) mass is 286 g/mol. The van der Waals surface area contributed by atoms with E-state index in [0.29, 0.717) is 18.5 Å². The van der Waals surface area contributed by atoms with Crippen LogP contribution in [0.4, 0.5) is 4.39 Å². The molecule has 1 aromatic carbocycles. The smallest absolute Gasteiger partial charge is 0.223 e. The lowest BCUT2D eigenvalue weighted by Crippen LogP contribution is -2.16. The van der Waals surface area contributed by atoms with Gasteiger partial charge in [0, 0.05) is 18.2 Å². The molecule has 0 bridgehead atoms. The van der Waals surface area contributed by atoms with E-state index in [1.807, 2.05) is 24.3 Å². The van der Waals surface area contributed by atoms with E-state index in [1.165, 1.54) is 30.7 Å². The number of ether oxygens (including phenoxy) is 1. The van der Waals surface area contributed by atoms with Gasteiger partial charge in [0.1, 0.15) is 11.6 Å². The normalized spacial score (nSPS) is 14.2. The fourth-order valence-electron chi connectivity index (χ4n) is 2.13. The van der Waals surface area contributed by atoms with Gasteiger partial charge < -0.3 is 10.1 Å². The van der Waals surface area contributed by atoms with E-state index < -0.39 is 0 Å². The van der Waals surface area contributed by atoms with Crippen molar-refractivity contribution in [1.82, 2.24) is 10.3 Å². The first kappa shape index (κ1) is 14.0. The van der Waals surface area contributed by atoms with Gasteiger partial charge in [-0.1, -0.05) is 19.1 Å². The van der Waals surface area contributed by atoms with Crippen LogP contribution in [0.25, 0.3) is 0 Å². The Morgan fingerprint density at radius 2 is 2.05 bits per heavy atom. The zero-order valence-corrected chi connectivity index (χ0v) is 12.1. The molecule has 1 N–H and O–H groups in total. The van der Waals surface area contributed by atoms with Crippen molar-refractivity contribution < 1.29 is 9.13 Å². The van der Waals surface area contributed by atoms with Crippen LogP contribution < -0.4 is 10.1 Å². The van der Waals surface area contributed by atoms with Crippen molar-refractivity contribution in [3.63, 3.8) is 0 Å². The molecule has 0 unspecified atom stereocenters. The first-order chi connectivity index (χ1) is 10.2. The Morgan fingerprint density at radius 3 is 2.71 bits per heavy atom. The summed E-state index contributed by atoms with van der Waals surface area (Å²) in [6.07, 6.45) is 4.57. The van der Waals surface area contributed by atoms with Gasteiger partial charge in [-0.2, -0.15) is 0 Å². The summed E-state index contributed by atoms with van der Waals surface area (Å²) < 4.78 is 19.2. The lowest BCUT2D eigenvalue weighted by molar-refractivity contribution is 0.448. The Hall–Kier alpha value is -1.94. The third-order valence-corrected chi connectivity index (χ3v) is 3.60. The van der Waals surface area contributed by atoms with E-state index in [2.05, 4.69) is 17.2 Å². The summed E-state index contributed by atoms with van der Waals surface area (Å²) in [5.41, 5.74) is 2.01. The SMILES string of the molecule is CCc1ccc(Oc2ncc(F)cc2CNC2CC2)cc1. The van der Waals surface area contributed by atoms with E-state index >= 15 is 0 Å². The summed E-state index contributed by atoms with van der Waals surface area (Å²) in [7, 11) is 0. The maximum atomic E-state index is 13.4. The molecule has 110 valence electrons. The van der Waals surface area contributed by atoms with Crippen LogP contribution in [-0.4, -0.2) is 11.0 Å². The minimum atomic E-state index is -0.337. The van der Waals surface area contributed by atoms with E-state index in [4.69, 9.17) is 4.74 Å². The number of hydrogen-bond donors (Lipinski definition) is 1. The summed E-state index contributed by atoms with van der Waals surface area (Å²) >= 11 is 0. The van der Waals surface area contributed by atoms with Crippen LogP contribution >= 0.6 is 0 Å². The fourth-order valence-corrected chi connectivity index (χ4v) is 2.13. The molecule has 0 aliphatic heterocycles. The van der Waals surface area contributed by atoms with E-state index in [9.17, 15) is 4.39 Å². The predicted octanol–water partition coefficient (Wildman–Crippen LogP) is 3.83. The predicted molar refractivity (Wildman–Crippen MR) is 80.0 cm³/mol. The molecule has 1 aliphatic carbocycles. The summed E-state index contributed by atoms with van der Waals surface area (Å²) in [6, 6.07) is 9.94. The quantitative estimate of drug-likeness (QED) is 0.876. The van der Waals surface area contributed by atoms with Crippen LogP contribution in [0.1, 0.15) is 30.9 Å². The molecule has 1 saturated carbocycles.